The van der Waals surface area contributed by atoms with E-state index < -0.39 is 11.7 Å². The molecule has 0 aromatic heterocycles. The number of alkyl halides is 3. The van der Waals surface area contributed by atoms with E-state index >= 15 is 0 Å². The first kappa shape index (κ1) is 11.7. The minimum absolute atomic E-state index is 0.195. The van der Waals surface area contributed by atoms with Crippen molar-refractivity contribution in [2.45, 2.75) is 19.0 Å². The van der Waals surface area contributed by atoms with E-state index in [1.54, 1.807) is 0 Å². The van der Waals surface area contributed by atoms with Gasteiger partial charge in [0.2, 0.25) is 0 Å². The fraction of sp³-hybridized carbons (Fsp3) is 0.400. The highest BCUT2D eigenvalue weighted by Crippen LogP contribution is 2.29. The molecule has 0 amide bonds. The van der Waals surface area contributed by atoms with E-state index in [2.05, 4.69) is 5.18 Å². The smallest absolute Gasteiger partial charge is 0.166 e. The molecule has 0 heterocycles. The third-order valence-electron chi connectivity index (χ3n) is 2.00. The van der Waals surface area contributed by atoms with Crippen LogP contribution in [0.5, 0.6) is 0 Å². The molecule has 5 heteroatoms. The molecule has 0 aliphatic rings. The van der Waals surface area contributed by atoms with Crippen molar-refractivity contribution in [2.75, 3.05) is 6.54 Å². The van der Waals surface area contributed by atoms with Crippen molar-refractivity contribution < 1.29 is 13.2 Å². The normalized spacial score (nSPS) is 11.4. The number of benzene rings is 1. The number of aryl methyl sites for hydroxylation is 1. The average molecular weight is 217 g/mol. The van der Waals surface area contributed by atoms with E-state index in [-0.39, 0.29) is 6.54 Å². The van der Waals surface area contributed by atoms with Gasteiger partial charge in [0, 0.05) is 0 Å². The van der Waals surface area contributed by atoms with Crippen molar-refractivity contribution in [2.24, 2.45) is 5.18 Å². The van der Waals surface area contributed by atoms with E-state index in [9.17, 15) is 18.1 Å². The number of nitroso groups, excluding NO2 is 1. The summed E-state index contributed by atoms with van der Waals surface area (Å²) in [6.45, 7) is 0.195. The molecular formula is C10H10F3NO. The fourth-order valence-electron chi connectivity index (χ4n) is 1.21. The lowest BCUT2D eigenvalue weighted by Crippen LogP contribution is -2.04. The molecule has 0 aliphatic carbocycles. The summed E-state index contributed by atoms with van der Waals surface area (Å²) in [6, 6.07) is 4.94. The summed E-state index contributed by atoms with van der Waals surface area (Å²) >= 11 is 0. The number of hydrogen-bond donors (Lipinski definition) is 0. The Balaban J connectivity index is 2.60. The number of hydrogen-bond acceptors (Lipinski definition) is 2. The molecule has 0 unspecified atom stereocenters. The first-order valence-corrected chi connectivity index (χ1v) is 4.49. The van der Waals surface area contributed by atoms with Gasteiger partial charge in [-0.25, -0.2) is 0 Å². The van der Waals surface area contributed by atoms with Gasteiger partial charge in [0.15, 0.2) is 0 Å². The van der Waals surface area contributed by atoms with Gasteiger partial charge in [0.25, 0.3) is 0 Å². The third-order valence-corrected chi connectivity index (χ3v) is 2.00. The highest BCUT2D eigenvalue weighted by Gasteiger charge is 2.29. The van der Waals surface area contributed by atoms with Crippen LogP contribution in [0.25, 0.3) is 0 Å². The zero-order valence-electron chi connectivity index (χ0n) is 7.92. The Labute approximate surface area is 85.1 Å². The van der Waals surface area contributed by atoms with E-state index in [0.29, 0.717) is 12.8 Å². The lowest BCUT2D eigenvalue weighted by Gasteiger charge is -2.06. The Bertz CT molecular complexity index is 318. The van der Waals surface area contributed by atoms with Crippen LogP contribution in [0.3, 0.4) is 0 Å². The molecule has 0 spiro atoms. The predicted molar refractivity (Wildman–Crippen MR) is 50.4 cm³/mol. The zero-order valence-corrected chi connectivity index (χ0v) is 7.92. The molecule has 1 rings (SSSR count). The predicted octanol–water partition coefficient (Wildman–Crippen LogP) is 3.40. The topological polar surface area (TPSA) is 29.4 Å². The van der Waals surface area contributed by atoms with Gasteiger partial charge < -0.3 is 0 Å². The highest BCUT2D eigenvalue weighted by atomic mass is 19.4. The van der Waals surface area contributed by atoms with Crippen molar-refractivity contribution >= 4 is 0 Å². The lowest BCUT2D eigenvalue weighted by molar-refractivity contribution is -0.137. The monoisotopic (exact) mass is 217 g/mol. The summed E-state index contributed by atoms with van der Waals surface area (Å²) in [5.74, 6) is 0. The van der Waals surface area contributed by atoms with Crippen molar-refractivity contribution in [3.8, 4) is 0 Å². The quantitative estimate of drug-likeness (QED) is 0.561. The maximum atomic E-state index is 12.2. The molecule has 1 aromatic carbocycles. The molecule has 0 fully saturated rings. The first-order valence-electron chi connectivity index (χ1n) is 4.49. The Kier molecular flexibility index (Phi) is 3.82. The SMILES string of the molecule is O=NCCCc1ccc(C(F)(F)F)cc1. The van der Waals surface area contributed by atoms with Gasteiger partial charge in [-0.05, 0) is 30.5 Å². The molecule has 0 bridgehead atoms. The maximum Gasteiger partial charge on any atom is 0.416 e. The molecular weight excluding hydrogens is 207 g/mol. The molecule has 2 nitrogen and oxygen atoms in total. The summed E-state index contributed by atoms with van der Waals surface area (Å²) in [5.41, 5.74) is 0.131. The Morgan fingerprint density at radius 3 is 2.20 bits per heavy atom. The van der Waals surface area contributed by atoms with E-state index in [1.165, 1.54) is 12.1 Å². The Hall–Kier alpha value is -1.39. The van der Waals surface area contributed by atoms with Gasteiger partial charge in [-0.2, -0.15) is 18.1 Å². The molecule has 15 heavy (non-hydrogen) atoms. The van der Waals surface area contributed by atoms with Crippen LogP contribution in [-0.4, -0.2) is 6.54 Å². The maximum absolute atomic E-state index is 12.2. The van der Waals surface area contributed by atoms with E-state index in [1.807, 2.05) is 0 Å². The van der Waals surface area contributed by atoms with Gasteiger partial charge in [-0.3, -0.25) is 0 Å². The van der Waals surface area contributed by atoms with E-state index in [0.717, 1.165) is 17.7 Å². The fourth-order valence-corrected chi connectivity index (χ4v) is 1.21. The standard InChI is InChI=1S/C10H10F3NO/c11-10(12,13)9-5-3-8(4-6-9)2-1-7-14-15/h3-6H,1-2,7H2. The summed E-state index contributed by atoms with van der Waals surface area (Å²) in [5, 5.41) is 2.68. The highest BCUT2D eigenvalue weighted by molar-refractivity contribution is 5.24. The van der Waals surface area contributed by atoms with Crippen LogP contribution in [0.2, 0.25) is 0 Å². The van der Waals surface area contributed by atoms with E-state index in [4.69, 9.17) is 0 Å². The van der Waals surface area contributed by atoms with Crippen molar-refractivity contribution in [3.63, 3.8) is 0 Å². The van der Waals surface area contributed by atoms with Crippen LogP contribution >= 0.6 is 0 Å². The second-order valence-corrected chi connectivity index (χ2v) is 3.15. The molecule has 0 saturated heterocycles. The Morgan fingerprint density at radius 1 is 1.13 bits per heavy atom. The van der Waals surface area contributed by atoms with Crippen molar-refractivity contribution in [1.82, 2.24) is 0 Å². The van der Waals surface area contributed by atoms with Gasteiger partial charge in [0.05, 0.1) is 12.1 Å². The average Bonchev–Trinajstić information content (AvgIpc) is 2.18. The van der Waals surface area contributed by atoms with Crippen LogP contribution in [0, 0.1) is 4.91 Å². The molecule has 0 N–H and O–H groups in total. The molecule has 0 atom stereocenters. The number of rotatable bonds is 4. The largest absolute Gasteiger partial charge is 0.416 e. The van der Waals surface area contributed by atoms with Crippen LogP contribution in [-0.2, 0) is 12.6 Å². The number of nitrogens with zero attached hydrogens (tertiary/aromatic N) is 1. The van der Waals surface area contributed by atoms with Crippen LogP contribution in [0.15, 0.2) is 29.4 Å². The lowest BCUT2D eigenvalue weighted by atomic mass is 10.1. The van der Waals surface area contributed by atoms with Gasteiger partial charge in [-0.15, -0.1) is 0 Å². The van der Waals surface area contributed by atoms with Crippen LogP contribution in [0.4, 0.5) is 13.2 Å². The van der Waals surface area contributed by atoms with Crippen LogP contribution in [0.1, 0.15) is 17.5 Å². The third kappa shape index (κ3) is 3.69. The summed E-state index contributed by atoms with van der Waals surface area (Å²) in [6.07, 6.45) is -3.15. The Morgan fingerprint density at radius 2 is 1.73 bits per heavy atom. The summed E-state index contributed by atoms with van der Waals surface area (Å²) < 4.78 is 36.5. The second-order valence-electron chi connectivity index (χ2n) is 3.15. The van der Waals surface area contributed by atoms with Crippen molar-refractivity contribution in [1.29, 1.82) is 0 Å². The van der Waals surface area contributed by atoms with Gasteiger partial charge in [-0.1, -0.05) is 17.3 Å². The molecule has 0 saturated carbocycles. The summed E-state index contributed by atoms with van der Waals surface area (Å²) in [7, 11) is 0. The first-order chi connectivity index (χ1) is 7.04. The molecule has 82 valence electrons. The van der Waals surface area contributed by atoms with Gasteiger partial charge in [0.1, 0.15) is 0 Å². The minimum atomic E-state index is -4.29. The molecule has 0 aliphatic heterocycles. The van der Waals surface area contributed by atoms with Gasteiger partial charge >= 0.3 is 6.18 Å². The minimum Gasteiger partial charge on any atom is -0.166 e. The van der Waals surface area contributed by atoms with Crippen LogP contribution < -0.4 is 0 Å². The summed E-state index contributed by atoms with van der Waals surface area (Å²) in [4.78, 5) is 9.78. The molecule has 1 aromatic rings. The second kappa shape index (κ2) is 4.91. The van der Waals surface area contributed by atoms with Crippen molar-refractivity contribution in [3.05, 3.63) is 40.3 Å². The number of halogens is 3. The molecule has 0 radical (unpaired) electrons. The zero-order chi connectivity index (χ0) is 11.3.